The molecule has 1 aromatic heterocycles. The molecule has 0 fully saturated rings. The van der Waals surface area contributed by atoms with Gasteiger partial charge in [0.05, 0.1) is 0 Å². The molecule has 10 aromatic rings. The molecule has 1 aliphatic carbocycles. The Morgan fingerprint density at radius 2 is 0.930 bits per heavy atom. The van der Waals surface area contributed by atoms with E-state index in [9.17, 15) is 0 Å². The number of hydrogen-bond acceptors (Lipinski definition) is 2. The summed E-state index contributed by atoms with van der Waals surface area (Å²) < 4.78 is 2.66. The van der Waals surface area contributed by atoms with Crippen LogP contribution in [0.5, 0.6) is 0 Å². The maximum atomic E-state index is 2.41. The molecule has 270 valence electrons. The molecule has 0 aliphatic heterocycles. The number of anilines is 3. The Morgan fingerprint density at radius 1 is 0.351 bits per heavy atom. The molecule has 1 aliphatic rings. The molecule has 1 nitrogen and oxygen atoms in total. The van der Waals surface area contributed by atoms with E-state index in [0.717, 1.165) is 17.1 Å². The first kappa shape index (κ1) is 33.6. The average Bonchev–Trinajstić information content (AvgIpc) is 3.75. The van der Waals surface area contributed by atoms with Crippen LogP contribution in [-0.4, -0.2) is 0 Å². The van der Waals surface area contributed by atoms with Crippen LogP contribution in [0.2, 0.25) is 0 Å². The number of benzene rings is 9. The van der Waals surface area contributed by atoms with Gasteiger partial charge in [-0.2, -0.15) is 0 Å². The first-order valence-corrected chi connectivity index (χ1v) is 20.6. The minimum Gasteiger partial charge on any atom is -0.310 e. The predicted molar refractivity (Wildman–Crippen MR) is 245 cm³/mol. The minimum atomic E-state index is -0.0385. The summed E-state index contributed by atoms with van der Waals surface area (Å²) in [6, 6.07) is 73.9. The highest BCUT2D eigenvalue weighted by atomic mass is 32.1. The van der Waals surface area contributed by atoms with Crippen molar-refractivity contribution in [3.63, 3.8) is 0 Å². The highest BCUT2D eigenvalue weighted by Crippen LogP contribution is 2.50. The molecule has 9 aromatic carbocycles. The fourth-order valence-corrected chi connectivity index (χ4v) is 10.2. The van der Waals surface area contributed by atoms with Crippen LogP contribution in [0, 0.1) is 0 Å². The van der Waals surface area contributed by atoms with Crippen molar-refractivity contribution >= 4 is 59.3 Å². The summed E-state index contributed by atoms with van der Waals surface area (Å²) in [6.07, 6.45) is 0. The Bertz CT molecular complexity index is 3140. The lowest BCUT2D eigenvalue weighted by atomic mass is 9.81. The van der Waals surface area contributed by atoms with E-state index >= 15 is 0 Å². The van der Waals surface area contributed by atoms with E-state index in [4.69, 9.17) is 0 Å². The monoisotopic (exact) mass is 745 g/mol. The summed E-state index contributed by atoms with van der Waals surface area (Å²) in [6.45, 7) is 4.70. The average molecular weight is 746 g/mol. The van der Waals surface area contributed by atoms with Crippen LogP contribution in [0.25, 0.3) is 75.5 Å². The van der Waals surface area contributed by atoms with Gasteiger partial charge in [0.25, 0.3) is 0 Å². The largest absolute Gasteiger partial charge is 0.310 e. The van der Waals surface area contributed by atoms with Crippen molar-refractivity contribution in [2.45, 2.75) is 19.3 Å². The Labute approximate surface area is 337 Å². The Morgan fingerprint density at radius 3 is 1.74 bits per heavy atom. The number of rotatable bonds is 6. The van der Waals surface area contributed by atoms with Crippen LogP contribution in [-0.2, 0) is 5.41 Å². The smallest absolute Gasteiger partial charge is 0.0467 e. The zero-order chi connectivity index (χ0) is 38.1. The van der Waals surface area contributed by atoms with Gasteiger partial charge in [-0.1, -0.05) is 153 Å². The molecule has 0 bridgehead atoms. The molecule has 2 heteroatoms. The van der Waals surface area contributed by atoms with Crippen molar-refractivity contribution in [3.05, 3.63) is 211 Å². The summed E-state index contributed by atoms with van der Waals surface area (Å²) in [5.41, 5.74) is 16.1. The first-order valence-electron chi connectivity index (χ1n) is 19.7. The normalized spacial score (nSPS) is 12.9. The van der Waals surface area contributed by atoms with Crippen LogP contribution in [0.3, 0.4) is 0 Å². The van der Waals surface area contributed by atoms with Crippen molar-refractivity contribution in [3.8, 4) is 44.5 Å². The van der Waals surface area contributed by atoms with Gasteiger partial charge in [0.1, 0.15) is 0 Å². The molecule has 11 rings (SSSR count). The minimum absolute atomic E-state index is 0.0385. The fourth-order valence-electron chi connectivity index (χ4n) is 9.13. The van der Waals surface area contributed by atoms with Crippen LogP contribution in [0.15, 0.2) is 200 Å². The fraction of sp³-hybridized carbons (Fsp3) is 0.0545. The van der Waals surface area contributed by atoms with E-state index in [1.807, 2.05) is 11.3 Å². The SMILES string of the molecule is CC1(C)c2ccccc2-c2ccc(-c3ccc(N(c4ccc(-c5ccc6sc7ccccc7c6c5)cc4)c4cccc(-c5cccc6ccccc56)c4)cc3)cc21. The molecular weight excluding hydrogens is 707 g/mol. The van der Waals surface area contributed by atoms with Gasteiger partial charge in [0, 0.05) is 42.6 Å². The molecule has 0 unspecified atom stereocenters. The Kier molecular flexibility index (Phi) is 7.77. The van der Waals surface area contributed by atoms with Crippen LogP contribution < -0.4 is 4.90 Å². The third-order valence-corrected chi connectivity index (χ3v) is 13.2. The Hall–Kier alpha value is -6.74. The lowest BCUT2D eigenvalue weighted by Gasteiger charge is -2.27. The maximum absolute atomic E-state index is 2.41. The molecular formula is C55H39NS. The van der Waals surface area contributed by atoms with Crippen molar-refractivity contribution in [1.29, 1.82) is 0 Å². The van der Waals surface area contributed by atoms with Crippen molar-refractivity contribution in [1.82, 2.24) is 0 Å². The van der Waals surface area contributed by atoms with E-state index in [2.05, 4.69) is 219 Å². The van der Waals surface area contributed by atoms with Gasteiger partial charge in [0.2, 0.25) is 0 Å². The summed E-state index contributed by atoms with van der Waals surface area (Å²) in [5, 5.41) is 5.15. The standard InChI is InChI=1S/C55H39NS/c1-55(2)51-19-7-5-16-47(51)48-31-25-40(35-52(48)55)37-23-29-43(30-24-37)56(44-14-9-13-41(33-44)46-18-10-12-38-11-3-4-15-45(38)46)42-27-21-36(22-28-42)39-26-32-54-50(34-39)49-17-6-8-20-53(49)57-54/h3-35H,1-2H3. The van der Waals surface area contributed by atoms with Gasteiger partial charge in [-0.3, -0.25) is 0 Å². The number of nitrogens with zero attached hydrogens (tertiary/aromatic N) is 1. The van der Waals surface area contributed by atoms with Gasteiger partial charge in [0.15, 0.2) is 0 Å². The van der Waals surface area contributed by atoms with E-state index in [0.29, 0.717) is 0 Å². The third-order valence-electron chi connectivity index (χ3n) is 12.1. The summed E-state index contributed by atoms with van der Waals surface area (Å²) in [7, 11) is 0. The van der Waals surface area contributed by atoms with Gasteiger partial charge in [-0.15, -0.1) is 11.3 Å². The second-order valence-corrected chi connectivity index (χ2v) is 16.8. The predicted octanol–water partition coefficient (Wildman–Crippen LogP) is 16.0. The molecule has 0 N–H and O–H groups in total. The maximum Gasteiger partial charge on any atom is 0.0467 e. The van der Waals surface area contributed by atoms with Crippen LogP contribution >= 0.6 is 11.3 Å². The lowest BCUT2D eigenvalue weighted by Crippen LogP contribution is -2.14. The lowest BCUT2D eigenvalue weighted by molar-refractivity contribution is 0.660. The van der Waals surface area contributed by atoms with Gasteiger partial charge >= 0.3 is 0 Å². The van der Waals surface area contributed by atoms with Gasteiger partial charge in [-0.05, 0) is 127 Å². The molecule has 0 spiro atoms. The van der Waals surface area contributed by atoms with Crippen molar-refractivity contribution in [2.24, 2.45) is 0 Å². The molecule has 0 radical (unpaired) electrons. The van der Waals surface area contributed by atoms with Gasteiger partial charge < -0.3 is 4.90 Å². The van der Waals surface area contributed by atoms with Crippen LogP contribution in [0.1, 0.15) is 25.0 Å². The molecule has 0 amide bonds. The number of fused-ring (bicyclic) bond motifs is 7. The first-order chi connectivity index (χ1) is 28.0. The molecule has 0 saturated carbocycles. The summed E-state index contributed by atoms with van der Waals surface area (Å²) in [5.74, 6) is 0. The topological polar surface area (TPSA) is 3.24 Å². The summed E-state index contributed by atoms with van der Waals surface area (Å²) in [4.78, 5) is 2.39. The van der Waals surface area contributed by atoms with Crippen molar-refractivity contribution in [2.75, 3.05) is 4.90 Å². The number of hydrogen-bond donors (Lipinski definition) is 0. The molecule has 0 atom stereocenters. The van der Waals surface area contributed by atoms with E-state index < -0.39 is 0 Å². The second-order valence-electron chi connectivity index (χ2n) is 15.7. The Balaban J connectivity index is 0.994. The van der Waals surface area contributed by atoms with E-state index in [1.165, 1.54) is 86.6 Å². The molecule has 0 saturated heterocycles. The zero-order valence-corrected chi connectivity index (χ0v) is 32.7. The number of thiophene rings is 1. The quantitative estimate of drug-likeness (QED) is 0.164. The highest BCUT2D eigenvalue weighted by Gasteiger charge is 2.35. The van der Waals surface area contributed by atoms with Crippen molar-refractivity contribution < 1.29 is 0 Å². The molecule has 1 heterocycles. The summed E-state index contributed by atoms with van der Waals surface area (Å²) >= 11 is 1.86. The molecule has 57 heavy (non-hydrogen) atoms. The zero-order valence-electron chi connectivity index (χ0n) is 31.9. The highest BCUT2D eigenvalue weighted by molar-refractivity contribution is 7.25. The second kappa shape index (κ2) is 13.2. The van der Waals surface area contributed by atoms with Crippen LogP contribution in [0.4, 0.5) is 17.1 Å². The van der Waals surface area contributed by atoms with Gasteiger partial charge in [-0.25, -0.2) is 0 Å². The van der Waals surface area contributed by atoms with E-state index in [1.54, 1.807) is 0 Å². The van der Waals surface area contributed by atoms with E-state index in [-0.39, 0.29) is 5.41 Å². The third kappa shape index (κ3) is 5.59.